The quantitative estimate of drug-likeness (QED) is 0.0182. The van der Waals surface area contributed by atoms with Crippen molar-refractivity contribution >= 4 is 147 Å². The standard InChI is InChI=1S/C52H66Cl4N4O12S2.C25H34Cl2N2O5S.C10H8N2O8.CH3F/c1-59-33-45(43-29-39(53)31-49(55)47(43)35-59)37-7-3-9-41(27-37)73(63,64)26-6-15-68-19-23-71-22-18-67-14-5-11-51(61)52(62)57-12-16-69-20-24-72-25-21-70-17-13-58-74(65,66)42-10-4-8-38(28-42)46-34-60(2)36-48-44(46)30-40(54)32-50(48)56;1-29-17-23(22-15-20(26)16-25(27)24(22)18-29)19-4-2-5-21(14-19)35(30,31)13-3-7-32-9-11-34-12-10-33-8-6-28;13-5-1-2-6(14)11(5)19-9(17)10(18)20-12-7(15)3-4-8(12)16;1-2/h3-4,7-10,27-32,45-46,58H,5-6,11-26,33-36H2,1-2H3,(H,57,62);2,4-5,14-16,23H,3,6-13,17-18,28H2,1H3;1-4H2;1H3/i;;;1D. The number of halogens is 7. The van der Waals surface area contributed by atoms with Crippen molar-refractivity contribution in [2.75, 3.05) is 198 Å². The molecule has 0 aromatic heterocycles. The van der Waals surface area contributed by atoms with E-state index < -0.39 is 84.1 Å². The highest BCUT2D eigenvalue weighted by Gasteiger charge is 2.40. The van der Waals surface area contributed by atoms with E-state index >= 15 is 0 Å². The van der Waals surface area contributed by atoms with Gasteiger partial charge in [0.15, 0.2) is 19.7 Å². The molecule has 3 atom stereocenters. The van der Waals surface area contributed by atoms with Gasteiger partial charge in [0, 0.05) is 159 Å². The number of amides is 5. The second kappa shape index (κ2) is 55.6. The minimum atomic E-state index is -3.79. The van der Waals surface area contributed by atoms with Crippen molar-refractivity contribution in [3.05, 3.63) is 189 Å². The summed E-state index contributed by atoms with van der Waals surface area (Å²) in [7, 11) is -5.74. The first-order chi connectivity index (χ1) is 63.1. The molecule has 6 aromatic rings. The Morgan fingerprint density at radius 2 is 0.733 bits per heavy atom. The highest BCUT2D eigenvalue weighted by Crippen LogP contribution is 2.43. The molecule has 5 amide bonds. The zero-order chi connectivity index (χ0) is 95.9. The van der Waals surface area contributed by atoms with Gasteiger partial charge in [0.05, 0.1) is 134 Å². The van der Waals surface area contributed by atoms with E-state index in [1.807, 2.05) is 57.5 Å². The van der Waals surface area contributed by atoms with Gasteiger partial charge in [-0.2, -0.15) is 0 Å². The first kappa shape index (κ1) is 107. The number of ether oxygens (including phenoxy) is 9. The van der Waals surface area contributed by atoms with Gasteiger partial charge in [0.1, 0.15) is 0 Å². The minimum Gasteiger partial charge on any atom is -0.379 e. The Labute approximate surface area is 794 Å². The maximum absolute atomic E-state index is 13.2. The van der Waals surface area contributed by atoms with E-state index in [0.29, 0.717) is 153 Å². The molecule has 2 saturated heterocycles. The van der Waals surface area contributed by atoms with Crippen molar-refractivity contribution in [1.29, 1.82) is 0 Å². The third-order valence-corrected chi connectivity index (χ3v) is 27.4. The Morgan fingerprint density at radius 3 is 1.08 bits per heavy atom. The number of sulfone groups is 2. The normalized spacial score (nSPS) is 16.6. The van der Waals surface area contributed by atoms with Gasteiger partial charge in [0.25, 0.3) is 29.5 Å². The number of alkyl halides is 1. The number of ketones is 1. The molecule has 6 aromatic carbocycles. The lowest BCUT2D eigenvalue weighted by Crippen LogP contribution is -2.39. The van der Waals surface area contributed by atoms with Gasteiger partial charge in [0.2, 0.25) is 15.8 Å². The molecule has 11 rings (SSSR count). The SMILES string of the molecule is CN1Cc2c(Cl)cc(Cl)cc2C(c2cccc(S(=O)(=O)CCCOCCOCCOCCCC(=O)C(=O)NCCOCCOCCOCCNS(=O)(=O)c3cccc(C4CN(C)Cc5c(Cl)cc(Cl)cc54)c3)c2)C1.CN1Cc2c(Cl)cc(Cl)cc2C(c2cccc(S(=O)(=O)CCCOCCOCCOCCN)c2)C1.O=C(ON1C(=O)CCC1=O)C(=O)ON1C(=O)CCC1=O.[2H]CF. The zero-order valence-electron chi connectivity index (χ0n) is 73.9. The summed E-state index contributed by atoms with van der Waals surface area (Å²) >= 11 is 38.5. The maximum Gasteiger partial charge on any atom is 0.444 e. The number of sulfonamides is 1. The fraction of sp³-hybridized carbons (Fsp3) is 0.500. The first-order valence-corrected chi connectivity index (χ1v) is 49.2. The number of nitrogens with zero attached hydrogens (tertiary/aromatic N) is 5. The van der Waals surface area contributed by atoms with E-state index in [9.17, 15) is 68.0 Å². The lowest BCUT2D eigenvalue weighted by molar-refractivity contribution is -0.215. The molecule has 0 aliphatic carbocycles. The number of hydroxylamine groups is 4. The number of imide groups is 2. The van der Waals surface area contributed by atoms with Crippen LogP contribution in [-0.2, 0) is 140 Å². The monoisotopic (exact) mass is 2010 g/mol. The van der Waals surface area contributed by atoms with Crippen LogP contribution in [-0.4, -0.2) is 295 Å². The van der Waals surface area contributed by atoms with Crippen LogP contribution in [0.25, 0.3) is 0 Å². The fourth-order valence-corrected chi connectivity index (χ4v) is 19.9. The Bertz CT molecular complexity index is 4980. The van der Waals surface area contributed by atoms with E-state index in [2.05, 4.69) is 34.4 Å². The topological polar surface area (TPSA) is 407 Å². The second-order valence-electron chi connectivity index (χ2n) is 30.6. The Balaban J connectivity index is 0.000000301. The predicted octanol–water partition coefficient (Wildman–Crippen LogP) is 9.69. The first-order valence-electron chi connectivity index (χ1n) is 42.8. The highest BCUT2D eigenvalue weighted by atomic mass is 35.5. The van der Waals surface area contributed by atoms with Crippen LogP contribution in [0.15, 0.2) is 124 Å². The van der Waals surface area contributed by atoms with Gasteiger partial charge < -0.3 is 78.1 Å². The summed E-state index contributed by atoms with van der Waals surface area (Å²) in [6.45, 7) is 10.9. The number of Topliss-reactive ketones (excluding diaryl/α,β-unsaturated/α-hetero) is 1. The van der Waals surface area contributed by atoms with Crippen molar-refractivity contribution in [2.24, 2.45) is 5.73 Å². The molecule has 131 heavy (non-hydrogen) atoms. The number of rotatable bonds is 48. The van der Waals surface area contributed by atoms with Crippen LogP contribution in [0.3, 0.4) is 0 Å². The summed E-state index contributed by atoms with van der Waals surface area (Å²) in [4.78, 5) is 107. The van der Waals surface area contributed by atoms with Gasteiger partial charge in [-0.1, -0.05) is 106 Å². The Kier molecular flexibility index (Phi) is 45.6. The molecule has 0 bridgehead atoms. The molecule has 720 valence electrons. The lowest BCUT2D eigenvalue weighted by atomic mass is 9.85. The molecule has 43 heteroatoms. The van der Waals surface area contributed by atoms with E-state index in [1.165, 1.54) is 0 Å². The summed E-state index contributed by atoms with van der Waals surface area (Å²) < 4.78 is 146. The van der Waals surface area contributed by atoms with E-state index in [-0.39, 0.29) is 147 Å². The molecule has 4 N–H and O–H groups in total. The molecule has 5 heterocycles. The summed E-state index contributed by atoms with van der Waals surface area (Å²) in [5, 5.41) is 6.35. The maximum atomic E-state index is 13.2. The zero-order valence-corrected chi connectivity index (χ0v) is 79.9. The van der Waals surface area contributed by atoms with Gasteiger partial charge in [-0.05, 0) is 163 Å². The summed E-state index contributed by atoms with van der Waals surface area (Å²) in [6.07, 6.45) is 0.617. The fourth-order valence-electron chi connectivity index (χ4n) is 14.5. The van der Waals surface area contributed by atoms with Crippen molar-refractivity contribution in [3.63, 3.8) is 0 Å². The number of fused-ring (bicyclic) bond motifs is 3. The van der Waals surface area contributed by atoms with E-state index in [1.54, 1.807) is 72.8 Å². The molecule has 2 fully saturated rings. The third kappa shape index (κ3) is 34.7. The van der Waals surface area contributed by atoms with E-state index in [4.69, 9.17) is 119 Å². The number of nitrogens with one attached hydrogen (secondary N) is 2. The van der Waals surface area contributed by atoms with Gasteiger partial charge >= 0.3 is 11.9 Å². The van der Waals surface area contributed by atoms with Crippen LogP contribution >= 0.6 is 69.6 Å². The molecule has 0 saturated carbocycles. The average Bonchev–Trinajstić information content (AvgIpc) is 0.957. The van der Waals surface area contributed by atoms with Gasteiger partial charge in [-0.25, -0.2) is 39.6 Å². The average molecular weight is 2010 g/mol. The number of nitrogens with two attached hydrogens (primary N) is 1. The van der Waals surface area contributed by atoms with Gasteiger partial charge in [-0.3, -0.25) is 33.2 Å². The second-order valence-corrected chi connectivity index (χ2v) is 39.1. The number of carbonyl (C=O) groups excluding carboxylic acids is 8. The number of hydrogen-bond donors (Lipinski definition) is 3. The summed E-state index contributed by atoms with van der Waals surface area (Å²) in [5.74, 6) is -7.90. The van der Waals surface area contributed by atoms with Crippen LogP contribution in [0.4, 0.5) is 4.39 Å². The molecule has 3 unspecified atom stereocenters. The summed E-state index contributed by atoms with van der Waals surface area (Å²) in [6, 6.07) is 32.2. The molecule has 0 spiro atoms. The molecule has 33 nitrogen and oxygen atoms in total. The van der Waals surface area contributed by atoms with Gasteiger partial charge in [-0.15, -0.1) is 10.1 Å². The predicted molar refractivity (Wildman–Crippen MR) is 487 cm³/mol. The molecule has 5 aliphatic rings. The highest BCUT2D eigenvalue weighted by molar-refractivity contribution is 7.91. The number of benzene rings is 6. The van der Waals surface area contributed by atoms with E-state index in [0.717, 1.165) is 63.2 Å². The number of hydrogen-bond acceptors (Lipinski definition) is 29. The van der Waals surface area contributed by atoms with Crippen LogP contribution in [0, 0.1) is 0 Å². The molecular formula is C88H111Cl6FN8O25S3. The minimum absolute atomic E-state index is 0.0147. The van der Waals surface area contributed by atoms with Crippen LogP contribution in [0.5, 0.6) is 0 Å². The van der Waals surface area contributed by atoms with Crippen molar-refractivity contribution in [1.82, 2.24) is 34.9 Å². The Morgan fingerprint density at radius 1 is 0.427 bits per heavy atom. The van der Waals surface area contributed by atoms with Crippen LogP contribution in [0.2, 0.25) is 30.1 Å². The van der Waals surface area contributed by atoms with Crippen LogP contribution in [0.1, 0.15) is 121 Å². The smallest absolute Gasteiger partial charge is 0.379 e. The van der Waals surface area contributed by atoms with Crippen LogP contribution < -0.4 is 15.8 Å². The molecule has 5 aliphatic heterocycles. The van der Waals surface area contributed by atoms with Crippen molar-refractivity contribution in [3.8, 4) is 0 Å². The molecule has 0 radical (unpaired) electrons. The largest absolute Gasteiger partial charge is 0.444 e. The lowest BCUT2D eigenvalue weighted by Gasteiger charge is -2.33. The number of carbonyl (C=O) groups is 8. The van der Waals surface area contributed by atoms with Crippen molar-refractivity contribution in [2.45, 2.75) is 103 Å². The number of likely N-dealkylation sites (N-methyl/N-ethyl adjacent to an activating group) is 3. The third-order valence-electron chi connectivity index (χ3n) is 20.7. The Hall–Kier alpha value is -7.36. The molecular weight excluding hydrogens is 1900 g/mol. The summed E-state index contributed by atoms with van der Waals surface area (Å²) in [5.41, 5.74) is 14.1. The van der Waals surface area contributed by atoms with Crippen molar-refractivity contribution < 1.29 is 122 Å².